The van der Waals surface area contributed by atoms with Crippen molar-refractivity contribution >= 4 is 33.2 Å². The predicted octanol–water partition coefficient (Wildman–Crippen LogP) is 4.49. The van der Waals surface area contributed by atoms with Gasteiger partial charge in [-0.3, -0.25) is 0 Å². The molecule has 0 amide bonds. The lowest BCUT2D eigenvalue weighted by Gasteiger charge is -2.23. The Kier molecular flexibility index (Phi) is 3.50. The number of thiazole rings is 1. The van der Waals surface area contributed by atoms with Gasteiger partial charge < -0.3 is 0 Å². The summed E-state index contributed by atoms with van der Waals surface area (Å²) in [6.45, 7) is 4.42. The monoisotopic (exact) mass is 253 g/mol. The summed E-state index contributed by atoms with van der Waals surface area (Å²) in [6, 6.07) is 8.29. The highest BCUT2D eigenvalue weighted by Crippen LogP contribution is 2.31. The van der Waals surface area contributed by atoms with Crippen LogP contribution in [0.3, 0.4) is 0 Å². The Balaban J connectivity index is 2.27. The third-order valence-corrected chi connectivity index (χ3v) is 4.77. The lowest BCUT2D eigenvalue weighted by Crippen LogP contribution is -2.20. The van der Waals surface area contributed by atoms with Gasteiger partial charge in [-0.15, -0.1) is 22.9 Å². The Hall–Kier alpha value is -0.600. The van der Waals surface area contributed by atoms with E-state index in [9.17, 15) is 0 Å². The van der Waals surface area contributed by atoms with Crippen molar-refractivity contribution in [3.63, 3.8) is 0 Å². The summed E-state index contributed by atoms with van der Waals surface area (Å²) in [7, 11) is 0. The highest BCUT2D eigenvalue weighted by molar-refractivity contribution is 7.18. The fraction of sp³-hybridized carbons (Fsp3) is 0.462. The third kappa shape index (κ3) is 2.38. The molecule has 2 aromatic rings. The SMILES string of the molecule is CCC(C)(CCl)Cc1nc2ccccc2s1. The van der Waals surface area contributed by atoms with Gasteiger partial charge in [0.2, 0.25) is 0 Å². The zero-order valence-corrected chi connectivity index (χ0v) is 11.2. The van der Waals surface area contributed by atoms with Gasteiger partial charge in [0.25, 0.3) is 0 Å². The molecule has 0 aliphatic heterocycles. The van der Waals surface area contributed by atoms with E-state index in [0.29, 0.717) is 5.88 Å². The molecule has 0 fully saturated rings. The lowest BCUT2D eigenvalue weighted by atomic mass is 9.86. The Labute approximate surface area is 105 Å². The smallest absolute Gasteiger partial charge is 0.0944 e. The molecular formula is C13H16ClNS. The highest BCUT2D eigenvalue weighted by atomic mass is 35.5. The second-order valence-electron chi connectivity index (χ2n) is 4.55. The van der Waals surface area contributed by atoms with E-state index in [1.807, 2.05) is 6.07 Å². The van der Waals surface area contributed by atoms with Crippen molar-refractivity contribution in [3.8, 4) is 0 Å². The van der Waals surface area contributed by atoms with Crippen molar-refractivity contribution < 1.29 is 0 Å². The van der Waals surface area contributed by atoms with Crippen molar-refractivity contribution in [2.24, 2.45) is 5.41 Å². The number of nitrogens with zero attached hydrogens (tertiary/aromatic N) is 1. The number of rotatable bonds is 4. The minimum atomic E-state index is 0.176. The topological polar surface area (TPSA) is 12.9 Å². The number of alkyl halides is 1. The van der Waals surface area contributed by atoms with Crippen molar-refractivity contribution in [1.82, 2.24) is 4.98 Å². The minimum Gasteiger partial charge on any atom is -0.241 e. The highest BCUT2D eigenvalue weighted by Gasteiger charge is 2.23. The zero-order chi connectivity index (χ0) is 11.6. The molecular weight excluding hydrogens is 238 g/mol. The molecule has 1 aromatic carbocycles. The summed E-state index contributed by atoms with van der Waals surface area (Å²) in [5.74, 6) is 0.694. The average Bonchev–Trinajstić information content (AvgIpc) is 2.70. The minimum absolute atomic E-state index is 0.176. The average molecular weight is 254 g/mol. The van der Waals surface area contributed by atoms with Crippen LogP contribution >= 0.6 is 22.9 Å². The van der Waals surface area contributed by atoms with Crippen LogP contribution in [-0.2, 0) is 6.42 Å². The van der Waals surface area contributed by atoms with Gasteiger partial charge in [0.1, 0.15) is 0 Å². The molecule has 0 bridgehead atoms. The summed E-state index contributed by atoms with van der Waals surface area (Å²) < 4.78 is 1.27. The van der Waals surface area contributed by atoms with E-state index in [-0.39, 0.29) is 5.41 Å². The molecule has 0 spiro atoms. The van der Waals surface area contributed by atoms with Crippen molar-refractivity contribution in [2.45, 2.75) is 26.7 Å². The van der Waals surface area contributed by atoms with Crippen LogP contribution < -0.4 is 0 Å². The molecule has 0 aliphatic rings. The fourth-order valence-electron chi connectivity index (χ4n) is 1.63. The maximum atomic E-state index is 6.03. The molecule has 0 saturated carbocycles. The van der Waals surface area contributed by atoms with Crippen molar-refractivity contribution in [2.75, 3.05) is 5.88 Å². The summed E-state index contributed by atoms with van der Waals surface area (Å²) in [6.07, 6.45) is 2.07. The molecule has 3 heteroatoms. The van der Waals surface area contributed by atoms with Crippen LogP contribution in [0.15, 0.2) is 24.3 Å². The molecule has 0 radical (unpaired) electrons. The number of hydrogen-bond acceptors (Lipinski definition) is 2. The van der Waals surface area contributed by atoms with Gasteiger partial charge in [0.15, 0.2) is 0 Å². The molecule has 1 nitrogen and oxygen atoms in total. The summed E-state index contributed by atoms with van der Waals surface area (Å²) >= 11 is 7.82. The van der Waals surface area contributed by atoms with Crippen LogP contribution in [0, 0.1) is 5.41 Å². The first-order valence-corrected chi connectivity index (χ1v) is 6.92. The number of benzene rings is 1. The first-order valence-electron chi connectivity index (χ1n) is 5.57. The van der Waals surface area contributed by atoms with Gasteiger partial charge in [-0.25, -0.2) is 4.98 Å². The van der Waals surface area contributed by atoms with E-state index in [1.165, 1.54) is 9.71 Å². The lowest BCUT2D eigenvalue weighted by molar-refractivity contribution is 0.355. The van der Waals surface area contributed by atoms with E-state index >= 15 is 0 Å². The zero-order valence-electron chi connectivity index (χ0n) is 9.66. The van der Waals surface area contributed by atoms with E-state index in [2.05, 4.69) is 37.0 Å². The van der Waals surface area contributed by atoms with Gasteiger partial charge in [0.05, 0.1) is 15.2 Å². The van der Waals surface area contributed by atoms with Crippen LogP contribution in [0.4, 0.5) is 0 Å². The van der Waals surface area contributed by atoms with Crippen LogP contribution in [0.5, 0.6) is 0 Å². The molecule has 1 unspecified atom stereocenters. The second-order valence-corrected chi connectivity index (χ2v) is 5.93. The molecule has 0 saturated heterocycles. The number of aromatic nitrogens is 1. The van der Waals surface area contributed by atoms with Crippen molar-refractivity contribution in [3.05, 3.63) is 29.3 Å². The van der Waals surface area contributed by atoms with Gasteiger partial charge in [0, 0.05) is 12.3 Å². The van der Waals surface area contributed by atoms with Gasteiger partial charge >= 0.3 is 0 Å². The Morgan fingerprint density at radius 2 is 2.12 bits per heavy atom. The third-order valence-electron chi connectivity index (χ3n) is 3.09. The van der Waals surface area contributed by atoms with E-state index in [4.69, 9.17) is 11.6 Å². The molecule has 0 N–H and O–H groups in total. The Morgan fingerprint density at radius 1 is 1.38 bits per heavy atom. The summed E-state index contributed by atoms with van der Waals surface area (Å²) in [5.41, 5.74) is 1.28. The van der Waals surface area contributed by atoms with Crippen LogP contribution in [-0.4, -0.2) is 10.9 Å². The fourth-order valence-corrected chi connectivity index (χ4v) is 3.09. The van der Waals surface area contributed by atoms with E-state index in [0.717, 1.165) is 18.4 Å². The molecule has 0 aliphatic carbocycles. The molecule has 1 heterocycles. The first kappa shape index (κ1) is 11.9. The maximum absolute atomic E-state index is 6.03. The molecule has 1 aromatic heterocycles. The van der Waals surface area contributed by atoms with Crippen LogP contribution in [0.2, 0.25) is 0 Å². The molecule has 86 valence electrons. The summed E-state index contributed by atoms with van der Waals surface area (Å²) in [5, 5.41) is 1.20. The van der Waals surface area contributed by atoms with Gasteiger partial charge in [-0.2, -0.15) is 0 Å². The molecule has 1 atom stereocenters. The van der Waals surface area contributed by atoms with Crippen molar-refractivity contribution in [1.29, 1.82) is 0 Å². The quantitative estimate of drug-likeness (QED) is 0.732. The van der Waals surface area contributed by atoms with E-state index < -0.39 is 0 Å². The predicted molar refractivity (Wildman–Crippen MR) is 72.4 cm³/mol. The second kappa shape index (κ2) is 4.72. The van der Waals surface area contributed by atoms with E-state index in [1.54, 1.807) is 11.3 Å². The largest absolute Gasteiger partial charge is 0.241 e. The summed E-state index contributed by atoms with van der Waals surface area (Å²) in [4.78, 5) is 4.65. The van der Waals surface area contributed by atoms with Crippen LogP contribution in [0.25, 0.3) is 10.2 Å². The maximum Gasteiger partial charge on any atom is 0.0944 e. The Bertz CT molecular complexity index is 440. The number of para-hydroxylation sites is 1. The normalized spacial score (nSPS) is 15.2. The first-order chi connectivity index (χ1) is 7.67. The molecule has 16 heavy (non-hydrogen) atoms. The number of halogens is 1. The molecule has 2 rings (SSSR count). The Morgan fingerprint density at radius 3 is 2.75 bits per heavy atom. The standard InChI is InChI=1S/C13H16ClNS/c1-3-13(2,9-14)8-12-15-10-6-4-5-7-11(10)16-12/h4-7H,3,8-9H2,1-2H3. The van der Waals surface area contributed by atoms with Gasteiger partial charge in [-0.05, 0) is 24.0 Å². The number of fused-ring (bicyclic) bond motifs is 1. The van der Waals surface area contributed by atoms with Gasteiger partial charge in [-0.1, -0.05) is 26.0 Å². The van der Waals surface area contributed by atoms with Crippen LogP contribution in [0.1, 0.15) is 25.3 Å². The number of hydrogen-bond donors (Lipinski definition) is 0.